The molecule has 3 rings (SSSR count). The summed E-state index contributed by atoms with van der Waals surface area (Å²) in [6.07, 6.45) is 0.714. The Bertz CT molecular complexity index is 1010. The molecule has 0 amide bonds. The van der Waals surface area contributed by atoms with Gasteiger partial charge in [0.2, 0.25) is 10.0 Å². The van der Waals surface area contributed by atoms with Gasteiger partial charge in [-0.25, -0.2) is 12.8 Å². The summed E-state index contributed by atoms with van der Waals surface area (Å²) in [6, 6.07) is 13.3. The van der Waals surface area contributed by atoms with Crippen molar-refractivity contribution in [3.8, 4) is 11.8 Å². The number of hydrogen-bond donors (Lipinski definition) is 0. The van der Waals surface area contributed by atoms with E-state index in [0.29, 0.717) is 24.2 Å². The molecular weight excluding hydrogens is 411 g/mol. The second-order valence-electron chi connectivity index (χ2n) is 6.78. The zero-order chi connectivity index (χ0) is 21.6. The van der Waals surface area contributed by atoms with E-state index < -0.39 is 15.8 Å². The average molecular weight is 432 g/mol. The number of nitriles is 1. The highest BCUT2D eigenvalue weighted by atomic mass is 32.2. The van der Waals surface area contributed by atoms with Crippen LogP contribution in [0.5, 0.6) is 5.75 Å². The van der Waals surface area contributed by atoms with Crippen LogP contribution in [0.1, 0.15) is 18.4 Å². The molecule has 0 aromatic heterocycles. The summed E-state index contributed by atoms with van der Waals surface area (Å²) in [4.78, 5) is 12.3. The highest BCUT2D eigenvalue weighted by Crippen LogP contribution is 2.24. The van der Waals surface area contributed by atoms with Gasteiger partial charge in [0.25, 0.3) is 0 Å². The van der Waals surface area contributed by atoms with E-state index in [1.165, 1.54) is 16.4 Å². The number of esters is 1. The van der Waals surface area contributed by atoms with Crippen molar-refractivity contribution in [3.05, 3.63) is 59.9 Å². The maximum atomic E-state index is 13.0. The van der Waals surface area contributed by atoms with Gasteiger partial charge in [-0.2, -0.15) is 9.57 Å². The summed E-state index contributed by atoms with van der Waals surface area (Å²) in [7, 11) is -3.71. The second-order valence-corrected chi connectivity index (χ2v) is 8.72. The first-order valence-electron chi connectivity index (χ1n) is 9.45. The summed E-state index contributed by atoms with van der Waals surface area (Å²) in [6.45, 7) is 0.644. The number of sulfonamides is 1. The normalized spacial score (nSPS) is 15.3. The number of ether oxygens (including phenoxy) is 2. The highest BCUT2D eigenvalue weighted by Gasteiger charge is 2.32. The molecule has 1 fully saturated rings. The van der Waals surface area contributed by atoms with Crippen LogP contribution in [0.2, 0.25) is 0 Å². The lowest BCUT2D eigenvalue weighted by Gasteiger charge is -2.30. The van der Waals surface area contributed by atoms with Gasteiger partial charge in [0.05, 0.1) is 22.4 Å². The van der Waals surface area contributed by atoms with Crippen LogP contribution in [0, 0.1) is 23.1 Å². The van der Waals surface area contributed by atoms with Crippen molar-refractivity contribution in [2.24, 2.45) is 5.92 Å². The number of carbonyl (C=O) groups is 1. The molecule has 158 valence electrons. The fourth-order valence-corrected chi connectivity index (χ4v) is 4.60. The number of carbonyl (C=O) groups excluding carboxylic acids is 1. The van der Waals surface area contributed by atoms with Crippen LogP contribution in [0.25, 0.3) is 0 Å². The van der Waals surface area contributed by atoms with Crippen molar-refractivity contribution < 1.29 is 27.1 Å². The maximum Gasteiger partial charge on any atom is 0.309 e. The van der Waals surface area contributed by atoms with Crippen LogP contribution >= 0.6 is 0 Å². The Morgan fingerprint density at radius 3 is 2.30 bits per heavy atom. The zero-order valence-electron chi connectivity index (χ0n) is 16.2. The lowest BCUT2D eigenvalue weighted by atomic mass is 9.98. The molecule has 0 saturated carbocycles. The summed E-state index contributed by atoms with van der Waals surface area (Å²) < 4.78 is 50.3. The number of benzene rings is 2. The van der Waals surface area contributed by atoms with Gasteiger partial charge in [-0.1, -0.05) is 0 Å². The van der Waals surface area contributed by atoms with E-state index in [4.69, 9.17) is 14.7 Å². The van der Waals surface area contributed by atoms with Crippen molar-refractivity contribution in [2.75, 3.05) is 26.3 Å². The minimum Gasteiger partial charge on any atom is -0.490 e. The second kappa shape index (κ2) is 9.69. The molecule has 7 nitrogen and oxygen atoms in total. The molecule has 9 heteroatoms. The lowest BCUT2D eigenvalue weighted by Crippen LogP contribution is -2.40. The van der Waals surface area contributed by atoms with Gasteiger partial charge in [0.15, 0.2) is 0 Å². The van der Waals surface area contributed by atoms with Gasteiger partial charge >= 0.3 is 5.97 Å². The minimum atomic E-state index is -3.71. The first kappa shape index (κ1) is 21.7. The predicted molar refractivity (Wildman–Crippen MR) is 105 cm³/mol. The standard InChI is InChI=1S/C21H21FN2O5S/c22-18-3-7-20(8-4-18)30(26,27)24-11-9-17(10-12-24)21(25)29-14-13-28-19-5-1-16(15-23)2-6-19/h1-8,17H,9-14H2. The molecule has 0 bridgehead atoms. The van der Waals surface area contributed by atoms with E-state index in [0.717, 1.165) is 12.1 Å². The molecule has 1 heterocycles. The average Bonchev–Trinajstić information content (AvgIpc) is 2.77. The number of hydrogen-bond acceptors (Lipinski definition) is 6. The predicted octanol–water partition coefficient (Wildman–Crippen LogP) is 2.72. The topological polar surface area (TPSA) is 96.7 Å². The molecule has 0 N–H and O–H groups in total. The Kier molecular flexibility index (Phi) is 7.03. The minimum absolute atomic E-state index is 0.0323. The molecule has 0 unspecified atom stereocenters. The Balaban J connectivity index is 1.42. The van der Waals surface area contributed by atoms with Gasteiger partial charge in [0, 0.05) is 13.1 Å². The third kappa shape index (κ3) is 5.34. The number of halogens is 1. The molecule has 1 aliphatic heterocycles. The molecule has 0 aliphatic carbocycles. The van der Waals surface area contributed by atoms with E-state index in [9.17, 15) is 17.6 Å². The maximum absolute atomic E-state index is 13.0. The molecule has 1 saturated heterocycles. The van der Waals surface area contributed by atoms with E-state index in [1.54, 1.807) is 24.3 Å². The number of piperidine rings is 1. The van der Waals surface area contributed by atoms with Gasteiger partial charge in [-0.3, -0.25) is 4.79 Å². The summed E-state index contributed by atoms with van der Waals surface area (Å²) in [5, 5.41) is 8.76. The molecule has 0 radical (unpaired) electrons. The fourth-order valence-electron chi connectivity index (χ4n) is 3.13. The molecule has 30 heavy (non-hydrogen) atoms. The third-order valence-corrected chi connectivity index (χ3v) is 6.73. The Labute approximate surface area is 174 Å². The Morgan fingerprint density at radius 2 is 1.70 bits per heavy atom. The molecule has 1 aliphatic rings. The van der Waals surface area contributed by atoms with Crippen LogP contribution in [0.4, 0.5) is 4.39 Å². The van der Waals surface area contributed by atoms with E-state index in [-0.39, 0.29) is 43.1 Å². The smallest absolute Gasteiger partial charge is 0.309 e. The monoisotopic (exact) mass is 432 g/mol. The highest BCUT2D eigenvalue weighted by molar-refractivity contribution is 7.89. The van der Waals surface area contributed by atoms with Gasteiger partial charge in [-0.05, 0) is 61.4 Å². The van der Waals surface area contributed by atoms with Gasteiger partial charge < -0.3 is 9.47 Å². The number of nitrogens with zero attached hydrogens (tertiary/aromatic N) is 2. The molecular formula is C21H21FN2O5S. The molecule has 0 atom stereocenters. The largest absolute Gasteiger partial charge is 0.490 e. The number of rotatable bonds is 7. The summed E-state index contributed by atoms with van der Waals surface area (Å²) in [5.74, 6) is -0.681. The SMILES string of the molecule is N#Cc1ccc(OCCOC(=O)C2CCN(S(=O)(=O)c3ccc(F)cc3)CC2)cc1. The van der Waals surface area contributed by atoms with Crippen molar-refractivity contribution in [3.63, 3.8) is 0 Å². The van der Waals surface area contributed by atoms with Crippen LogP contribution in [-0.4, -0.2) is 45.0 Å². The Hall–Kier alpha value is -2.96. The van der Waals surface area contributed by atoms with Crippen molar-refractivity contribution in [1.29, 1.82) is 5.26 Å². The molecule has 0 spiro atoms. The van der Waals surface area contributed by atoms with Crippen molar-refractivity contribution in [2.45, 2.75) is 17.7 Å². The van der Waals surface area contributed by atoms with Gasteiger partial charge in [-0.15, -0.1) is 0 Å². The van der Waals surface area contributed by atoms with Crippen LogP contribution in [0.3, 0.4) is 0 Å². The molecule has 2 aromatic carbocycles. The summed E-state index contributed by atoms with van der Waals surface area (Å²) >= 11 is 0. The van der Waals surface area contributed by atoms with Crippen LogP contribution in [-0.2, 0) is 19.6 Å². The van der Waals surface area contributed by atoms with Crippen LogP contribution in [0.15, 0.2) is 53.4 Å². The van der Waals surface area contributed by atoms with E-state index in [2.05, 4.69) is 0 Å². The van der Waals surface area contributed by atoms with Crippen molar-refractivity contribution >= 4 is 16.0 Å². The fraction of sp³-hybridized carbons (Fsp3) is 0.333. The summed E-state index contributed by atoms with van der Waals surface area (Å²) in [5.41, 5.74) is 0.529. The van der Waals surface area contributed by atoms with Crippen molar-refractivity contribution in [1.82, 2.24) is 4.31 Å². The third-order valence-electron chi connectivity index (χ3n) is 4.82. The quantitative estimate of drug-likeness (QED) is 0.493. The molecule has 2 aromatic rings. The first-order valence-corrected chi connectivity index (χ1v) is 10.9. The first-order chi connectivity index (χ1) is 14.4. The Morgan fingerprint density at radius 1 is 1.07 bits per heavy atom. The van der Waals surface area contributed by atoms with Gasteiger partial charge in [0.1, 0.15) is 24.8 Å². The van der Waals surface area contributed by atoms with Crippen LogP contribution < -0.4 is 4.74 Å². The lowest BCUT2D eigenvalue weighted by molar-refractivity contribution is -0.150. The zero-order valence-corrected chi connectivity index (χ0v) is 17.0. The van der Waals surface area contributed by atoms with E-state index >= 15 is 0 Å². The van der Waals surface area contributed by atoms with E-state index in [1.807, 2.05) is 6.07 Å².